The van der Waals surface area contributed by atoms with E-state index in [1.807, 2.05) is 13.8 Å². The van der Waals surface area contributed by atoms with Crippen molar-refractivity contribution < 1.29 is 19.0 Å². The quantitative estimate of drug-likeness (QED) is 0.676. The zero-order valence-corrected chi connectivity index (χ0v) is 17.1. The maximum atomic E-state index is 12.0. The van der Waals surface area contributed by atoms with Crippen LogP contribution in [0.2, 0.25) is 0 Å². The number of nitrogens with one attached hydrogen (secondary N) is 1. The molecule has 1 aromatic heterocycles. The number of carbonyl (C=O) groups excluding carboxylic acids is 1. The lowest BCUT2D eigenvalue weighted by atomic mass is 10.1. The van der Waals surface area contributed by atoms with Crippen molar-refractivity contribution in [1.29, 1.82) is 0 Å². The van der Waals surface area contributed by atoms with Gasteiger partial charge in [-0.1, -0.05) is 13.8 Å². The molecule has 0 saturated carbocycles. The van der Waals surface area contributed by atoms with Crippen LogP contribution in [0.25, 0.3) is 0 Å². The fourth-order valence-corrected chi connectivity index (χ4v) is 2.78. The Labute approximate surface area is 159 Å². The molecule has 1 aliphatic heterocycles. The lowest BCUT2D eigenvalue weighted by Crippen LogP contribution is -2.44. The van der Waals surface area contributed by atoms with E-state index >= 15 is 0 Å². The summed E-state index contributed by atoms with van der Waals surface area (Å²) in [5.41, 5.74) is -0.0797. The molecule has 26 heavy (non-hydrogen) atoms. The maximum absolute atomic E-state index is 12.0. The van der Waals surface area contributed by atoms with Gasteiger partial charge in [0.2, 0.25) is 5.82 Å². The van der Waals surface area contributed by atoms with Crippen LogP contribution in [0.1, 0.15) is 34.6 Å². The minimum Gasteiger partial charge on any atom is -0.470 e. The van der Waals surface area contributed by atoms with Crippen LogP contribution < -0.4 is 15.0 Å². The second kappa shape index (κ2) is 9.48. The van der Waals surface area contributed by atoms with Crippen molar-refractivity contribution in [2.75, 3.05) is 44.4 Å². The third-order valence-electron chi connectivity index (χ3n) is 3.77. The molecule has 148 valence electrons. The molecule has 1 unspecified atom stereocenters. The average molecular weight is 387 g/mol. The Morgan fingerprint density at radius 3 is 2.62 bits per heavy atom. The highest BCUT2D eigenvalue weighted by molar-refractivity contribution is 6.99. The Bertz CT molecular complexity index is 567. The Kier molecular flexibility index (Phi) is 7.60. The molecule has 0 bridgehead atoms. The third kappa shape index (κ3) is 6.69. The van der Waals surface area contributed by atoms with Gasteiger partial charge in [-0.05, 0) is 20.8 Å². The van der Waals surface area contributed by atoms with E-state index in [0.29, 0.717) is 25.6 Å². The van der Waals surface area contributed by atoms with E-state index in [4.69, 9.17) is 14.2 Å². The van der Waals surface area contributed by atoms with Crippen LogP contribution in [0, 0.1) is 5.92 Å². The summed E-state index contributed by atoms with van der Waals surface area (Å²) in [5, 5.41) is 3.36. The summed E-state index contributed by atoms with van der Waals surface area (Å²) < 4.78 is 25.4. The van der Waals surface area contributed by atoms with E-state index < -0.39 is 6.10 Å². The van der Waals surface area contributed by atoms with E-state index in [1.165, 1.54) is 0 Å². The molecule has 0 amide bonds. The van der Waals surface area contributed by atoms with Gasteiger partial charge in [-0.3, -0.25) is 4.79 Å². The van der Waals surface area contributed by atoms with E-state index in [1.54, 1.807) is 0 Å². The van der Waals surface area contributed by atoms with Crippen molar-refractivity contribution in [3.8, 4) is 5.88 Å². The SMILES string of the molecule is CC(C)C(=O)OC(CNC(C)(C)C)COc1nsnc1N1CCOCC1. The smallest absolute Gasteiger partial charge is 0.308 e. The fraction of sp³-hybridized carbons (Fsp3) is 0.824. The number of rotatable bonds is 8. The van der Waals surface area contributed by atoms with Gasteiger partial charge in [0.15, 0.2) is 0 Å². The van der Waals surface area contributed by atoms with Crippen LogP contribution in [0.3, 0.4) is 0 Å². The topological polar surface area (TPSA) is 85.8 Å². The van der Waals surface area contributed by atoms with Crippen molar-refractivity contribution >= 4 is 23.5 Å². The molecule has 2 heterocycles. The first-order valence-electron chi connectivity index (χ1n) is 9.00. The summed E-state index contributed by atoms with van der Waals surface area (Å²) >= 11 is 1.12. The second-order valence-corrected chi connectivity index (χ2v) is 8.18. The maximum Gasteiger partial charge on any atom is 0.308 e. The molecule has 0 radical (unpaired) electrons. The monoisotopic (exact) mass is 386 g/mol. The molecule has 1 aliphatic rings. The van der Waals surface area contributed by atoms with Crippen molar-refractivity contribution in [3.63, 3.8) is 0 Å². The summed E-state index contributed by atoms with van der Waals surface area (Å²) in [6.07, 6.45) is -0.400. The number of nitrogens with zero attached hydrogens (tertiary/aromatic N) is 3. The predicted molar refractivity (Wildman–Crippen MR) is 101 cm³/mol. The number of carbonyl (C=O) groups is 1. The van der Waals surface area contributed by atoms with Gasteiger partial charge in [-0.2, -0.15) is 4.37 Å². The molecule has 1 N–H and O–H groups in total. The van der Waals surface area contributed by atoms with Crippen LogP contribution in [0.15, 0.2) is 0 Å². The Balaban J connectivity index is 1.97. The molecule has 0 aromatic carbocycles. The Hall–Kier alpha value is -1.45. The summed E-state index contributed by atoms with van der Waals surface area (Å²) in [6.45, 7) is 13.4. The van der Waals surface area contributed by atoms with Crippen molar-refractivity contribution in [2.45, 2.75) is 46.3 Å². The number of anilines is 1. The first kappa shape index (κ1) is 20.9. The number of esters is 1. The van der Waals surface area contributed by atoms with Crippen LogP contribution >= 0.6 is 11.7 Å². The normalized spacial score (nSPS) is 16.6. The molecular formula is C17H30N4O4S. The summed E-state index contributed by atoms with van der Waals surface area (Å²) in [6, 6.07) is 0. The molecule has 1 atom stereocenters. The average Bonchev–Trinajstić information content (AvgIpc) is 3.05. The van der Waals surface area contributed by atoms with Gasteiger partial charge in [0.05, 0.1) is 30.9 Å². The molecule has 1 aromatic rings. The summed E-state index contributed by atoms with van der Waals surface area (Å²) in [4.78, 5) is 14.1. The Morgan fingerprint density at radius 2 is 2.00 bits per heavy atom. The third-order valence-corrected chi connectivity index (χ3v) is 4.28. The molecule has 1 fully saturated rings. The van der Waals surface area contributed by atoms with Crippen molar-refractivity contribution in [1.82, 2.24) is 14.1 Å². The minimum atomic E-state index is -0.400. The van der Waals surface area contributed by atoms with Gasteiger partial charge in [-0.15, -0.1) is 4.37 Å². The van der Waals surface area contributed by atoms with Crippen LogP contribution in [0.5, 0.6) is 5.88 Å². The van der Waals surface area contributed by atoms with Gasteiger partial charge in [-0.25, -0.2) is 0 Å². The zero-order chi connectivity index (χ0) is 19.2. The van der Waals surface area contributed by atoms with Gasteiger partial charge in [0, 0.05) is 25.2 Å². The standard InChI is InChI=1S/C17H30N4O4S/c1-12(2)16(22)25-13(10-18-17(3,4)5)11-24-15-14(19-26-20-15)21-6-8-23-9-7-21/h12-13,18H,6-11H2,1-5H3. The van der Waals surface area contributed by atoms with Crippen molar-refractivity contribution in [2.24, 2.45) is 5.92 Å². The van der Waals surface area contributed by atoms with Crippen LogP contribution in [-0.2, 0) is 14.3 Å². The van der Waals surface area contributed by atoms with E-state index in [0.717, 1.165) is 30.6 Å². The van der Waals surface area contributed by atoms with Crippen LogP contribution in [-0.4, -0.2) is 65.8 Å². The van der Waals surface area contributed by atoms with E-state index in [-0.39, 0.29) is 24.0 Å². The highest BCUT2D eigenvalue weighted by atomic mass is 32.1. The number of aromatic nitrogens is 2. The highest BCUT2D eigenvalue weighted by Crippen LogP contribution is 2.26. The van der Waals surface area contributed by atoms with Crippen LogP contribution in [0.4, 0.5) is 5.82 Å². The zero-order valence-electron chi connectivity index (χ0n) is 16.3. The van der Waals surface area contributed by atoms with E-state index in [9.17, 15) is 4.79 Å². The molecule has 1 saturated heterocycles. The van der Waals surface area contributed by atoms with Gasteiger partial charge >= 0.3 is 5.97 Å². The molecule has 9 heteroatoms. The minimum absolute atomic E-state index is 0.0797. The number of morpholine rings is 1. The van der Waals surface area contributed by atoms with E-state index in [2.05, 4.69) is 39.7 Å². The molecule has 0 spiro atoms. The fourth-order valence-electron chi connectivity index (χ4n) is 2.26. The number of hydrogen-bond acceptors (Lipinski definition) is 9. The molecule has 0 aliphatic carbocycles. The van der Waals surface area contributed by atoms with Gasteiger partial charge in [0.1, 0.15) is 12.7 Å². The lowest BCUT2D eigenvalue weighted by Gasteiger charge is -2.28. The first-order valence-corrected chi connectivity index (χ1v) is 9.73. The lowest BCUT2D eigenvalue weighted by molar-refractivity contribution is -0.154. The summed E-state index contributed by atoms with van der Waals surface area (Å²) in [5.74, 6) is 0.797. The van der Waals surface area contributed by atoms with Gasteiger partial charge in [0.25, 0.3) is 5.88 Å². The summed E-state index contributed by atoms with van der Waals surface area (Å²) in [7, 11) is 0. The molecule has 8 nitrogen and oxygen atoms in total. The highest BCUT2D eigenvalue weighted by Gasteiger charge is 2.24. The van der Waals surface area contributed by atoms with Gasteiger partial charge < -0.3 is 24.4 Å². The Morgan fingerprint density at radius 1 is 1.31 bits per heavy atom. The molecule has 2 rings (SSSR count). The number of hydrogen-bond donors (Lipinski definition) is 1. The number of ether oxygens (including phenoxy) is 3. The largest absolute Gasteiger partial charge is 0.470 e. The molecular weight excluding hydrogens is 356 g/mol. The van der Waals surface area contributed by atoms with Crippen molar-refractivity contribution in [3.05, 3.63) is 0 Å². The first-order chi connectivity index (χ1) is 12.3. The second-order valence-electron chi connectivity index (χ2n) is 7.65. The predicted octanol–water partition coefficient (Wildman–Crippen LogP) is 1.71.